The number of aliphatic imine (C=N–C) groups is 1. The number of nitrogens with two attached hydrogens (primary N) is 1. The molecule has 0 spiro atoms. The molecule has 0 radical (unpaired) electrons. The normalized spacial score (nSPS) is 12.6. The highest BCUT2D eigenvalue weighted by molar-refractivity contribution is 6.28. The van der Waals surface area contributed by atoms with Crippen LogP contribution in [0.4, 0.5) is 19.0 Å². The second-order valence-electron chi connectivity index (χ2n) is 4.87. The van der Waals surface area contributed by atoms with E-state index in [0.717, 1.165) is 6.07 Å². The fraction of sp³-hybridized carbons (Fsp3) is 0.0625. The van der Waals surface area contributed by atoms with Crippen molar-refractivity contribution in [3.8, 4) is 0 Å². The largest absolute Gasteiger partial charge is 0.417 e. The molecule has 2 aromatic carbocycles. The number of rotatable bonds is 2. The monoisotopic (exact) mass is 350 g/mol. The van der Waals surface area contributed by atoms with Gasteiger partial charge in [-0.2, -0.15) is 18.2 Å². The molecule has 24 heavy (non-hydrogen) atoms. The van der Waals surface area contributed by atoms with Crippen LogP contribution in [0.1, 0.15) is 11.1 Å². The minimum atomic E-state index is -4.54. The summed E-state index contributed by atoms with van der Waals surface area (Å²) in [6.07, 6.45) is -4.54. The van der Waals surface area contributed by atoms with E-state index in [2.05, 4.69) is 15.0 Å². The molecule has 0 unspecified atom stereocenters. The molecule has 0 amide bonds. The Bertz CT molecular complexity index is 938. The summed E-state index contributed by atoms with van der Waals surface area (Å²) >= 11 is 5.84. The first-order chi connectivity index (χ1) is 11.4. The predicted octanol–water partition coefficient (Wildman–Crippen LogP) is 4.34. The standard InChI is InChI=1S/C16H10ClF3N4/c17-15-22-12-8-4-2-6-10(12)14(24-15)23-13(21)9-5-1-3-7-11(9)16(18,19)20/h1-8H,(H2,21,22,23,24). The number of nitrogens with zero attached hydrogens (tertiary/aromatic N) is 3. The van der Waals surface area contributed by atoms with Crippen molar-refractivity contribution in [1.82, 2.24) is 9.97 Å². The highest BCUT2D eigenvalue weighted by atomic mass is 35.5. The van der Waals surface area contributed by atoms with Crippen LogP contribution in [0.25, 0.3) is 10.9 Å². The van der Waals surface area contributed by atoms with Crippen molar-refractivity contribution in [3.05, 3.63) is 64.9 Å². The molecule has 0 bridgehead atoms. The third kappa shape index (κ3) is 3.16. The Labute approximate surface area is 139 Å². The van der Waals surface area contributed by atoms with E-state index in [9.17, 15) is 13.2 Å². The Morgan fingerprint density at radius 2 is 1.67 bits per heavy atom. The molecule has 8 heteroatoms. The second kappa shape index (κ2) is 6.09. The number of halogens is 4. The first kappa shape index (κ1) is 16.2. The van der Waals surface area contributed by atoms with Gasteiger partial charge in [-0.25, -0.2) is 9.98 Å². The number of benzene rings is 2. The number of fused-ring (bicyclic) bond motifs is 1. The summed E-state index contributed by atoms with van der Waals surface area (Å²) in [6.45, 7) is 0. The van der Waals surface area contributed by atoms with Crippen LogP contribution in [0.3, 0.4) is 0 Å². The lowest BCUT2D eigenvalue weighted by molar-refractivity contribution is -0.137. The van der Waals surface area contributed by atoms with Gasteiger partial charge in [-0.15, -0.1) is 0 Å². The zero-order valence-electron chi connectivity index (χ0n) is 12.0. The van der Waals surface area contributed by atoms with Crippen LogP contribution in [0, 0.1) is 0 Å². The molecule has 3 aromatic rings. The summed E-state index contributed by atoms with van der Waals surface area (Å²) in [5.74, 6) is -0.192. The maximum absolute atomic E-state index is 13.1. The average Bonchev–Trinajstić information content (AvgIpc) is 2.54. The van der Waals surface area contributed by atoms with Gasteiger partial charge in [-0.3, -0.25) is 0 Å². The Hall–Kier alpha value is -2.67. The summed E-state index contributed by atoms with van der Waals surface area (Å²) in [5, 5.41) is 0.471. The van der Waals surface area contributed by atoms with Crippen LogP contribution in [0.2, 0.25) is 5.28 Å². The number of amidine groups is 1. The number of para-hydroxylation sites is 1. The highest BCUT2D eigenvalue weighted by Gasteiger charge is 2.33. The van der Waals surface area contributed by atoms with Gasteiger partial charge >= 0.3 is 6.18 Å². The van der Waals surface area contributed by atoms with E-state index in [1.54, 1.807) is 24.3 Å². The molecule has 0 aliphatic rings. The Kier molecular flexibility index (Phi) is 4.11. The van der Waals surface area contributed by atoms with E-state index in [1.807, 2.05) is 0 Å². The second-order valence-corrected chi connectivity index (χ2v) is 5.21. The minimum absolute atomic E-state index is 0.0654. The molecule has 2 N–H and O–H groups in total. The third-order valence-corrected chi connectivity index (χ3v) is 3.46. The van der Waals surface area contributed by atoms with Crippen molar-refractivity contribution in [3.63, 3.8) is 0 Å². The predicted molar refractivity (Wildman–Crippen MR) is 86.4 cm³/mol. The van der Waals surface area contributed by atoms with Gasteiger partial charge in [0.05, 0.1) is 11.1 Å². The Balaban J connectivity index is 2.17. The SMILES string of the molecule is NC(=Nc1nc(Cl)nc2ccccc12)c1ccccc1C(F)(F)F. The van der Waals surface area contributed by atoms with E-state index >= 15 is 0 Å². The summed E-state index contributed by atoms with van der Waals surface area (Å²) in [5.41, 5.74) is 5.25. The number of alkyl halides is 3. The molecule has 0 fully saturated rings. The first-order valence-corrected chi connectivity index (χ1v) is 7.17. The molecule has 0 saturated carbocycles. The topological polar surface area (TPSA) is 64.2 Å². The van der Waals surface area contributed by atoms with Gasteiger partial charge in [0.15, 0.2) is 5.82 Å². The molecule has 122 valence electrons. The number of hydrogen-bond donors (Lipinski definition) is 1. The summed E-state index contributed by atoms with van der Waals surface area (Å²) < 4.78 is 39.3. The zero-order chi connectivity index (χ0) is 17.3. The van der Waals surface area contributed by atoms with E-state index in [1.165, 1.54) is 18.2 Å². The van der Waals surface area contributed by atoms with Gasteiger partial charge < -0.3 is 5.73 Å². The molecule has 3 rings (SSSR count). The lowest BCUT2D eigenvalue weighted by Crippen LogP contribution is -2.19. The van der Waals surface area contributed by atoms with Gasteiger partial charge in [0.2, 0.25) is 5.28 Å². The van der Waals surface area contributed by atoms with Crippen LogP contribution in [-0.4, -0.2) is 15.8 Å². The summed E-state index contributed by atoms with van der Waals surface area (Å²) in [7, 11) is 0. The fourth-order valence-corrected chi connectivity index (χ4v) is 2.42. The smallest absolute Gasteiger partial charge is 0.383 e. The minimum Gasteiger partial charge on any atom is -0.383 e. The first-order valence-electron chi connectivity index (χ1n) is 6.79. The van der Waals surface area contributed by atoms with Crippen molar-refractivity contribution in [1.29, 1.82) is 0 Å². The molecular weight excluding hydrogens is 341 g/mol. The summed E-state index contributed by atoms with van der Waals surface area (Å²) in [4.78, 5) is 12.1. The number of hydrogen-bond acceptors (Lipinski definition) is 3. The van der Waals surface area contributed by atoms with Crippen molar-refractivity contribution in [2.24, 2.45) is 10.7 Å². The van der Waals surface area contributed by atoms with Crippen LogP contribution in [0.15, 0.2) is 53.5 Å². The van der Waals surface area contributed by atoms with Gasteiger partial charge in [-0.1, -0.05) is 30.3 Å². The van der Waals surface area contributed by atoms with E-state index in [0.29, 0.717) is 10.9 Å². The van der Waals surface area contributed by atoms with E-state index in [4.69, 9.17) is 17.3 Å². The Morgan fingerprint density at radius 3 is 2.42 bits per heavy atom. The number of aromatic nitrogens is 2. The van der Waals surface area contributed by atoms with E-state index in [-0.39, 0.29) is 22.5 Å². The molecule has 4 nitrogen and oxygen atoms in total. The average molecular weight is 351 g/mol. The van der Waals surface area contributed by atoms with Gasteiger partial charge in [0, 0.05) is 10.9 Å². The molecular formula is C16H10ClF3N4. The maximum Gasteiger partial charge on any atom is 0.417 e. The molecule has 1 heterocycles. The van der Waals surface area contributed by atoms with Crippen LogP contribution < -0.4 is 5.73 Å². The van der Waals surface area contributed by atoms with Crippen LogP contribution in [0.5, 0.6) is 0 Å². The molecule has 0 aliphatic heterocycles. The van der Waals surface area contributed by atoms with Crippen LogP contribution >= 0.6 is 11.6 Å². The van der Waals surface area contributed by atoms with Crippen molar-refractivity contribution in [2.45, 2.75) is 6.18 Å². The fourth-order valence-electron chi connectivity index (χ4n) is 2.25. The quantitative estimate of drug-likeness (QED) is 0.425. The maximum atomic E-state index is 13.1. The highest BCUT2D eigenvalue weighted by Crippen LogP contribution is 2.32. The third-order valence-electron chi connectivity index (χ3n) is 3.29. The molecule has 1 aromatic heterocycles. The lowest BCUT2D eigenvalue weighted by atomic mass is 10.1. The zero-order valence-corrected chi connectivity index (χ0v) is 12.8. The van der Waals surface area contributed by atoms with E-state index < -0.39 is 11.7 Å². The molecule has 0 aliphatic carbocycles. The van der Waals surface area contributed by atoms with Gasteiger partial charge in [-0.05, 0) is 29.8 Å². The van der Waals surface area contributed by atoms with Crippen molar-refractivity contribution >= 4 is 34.2 Å². The van der Waals surface area contributed by atoms with Crippen molar-refractivity contribution < 1.29 is 13.2 Å². The van der Waals surface area contributed by atoms with Gasteiger partial charge in [0.25, 0.3) is 0 Å². The Morgan fingerprint density at radius 1 is 1.00 bits per heavy atom. The molecule has 0 saturated heterocycles. The van der Waals surface area contributed by atoms with Crippen LogP contribution in [-0.2, 0) is 6.18 Å². The lowest BCUT2D eigenvalue weighted by Gasteiger charge is -2.12. The van der Waals surface area contributed by atoms with Gasteiger partial charge in [0.1, 0.15) is 5.84 Å². The molecule has 0 atom stereocenters. The van der Waals surface area contributed by atoms with Crippen molar-refractivity contribution in [2.75, 3.05) is 0 Å². The summed E-state index contributed by atoms with van der Waals surface area (Å²) in [6, 6.07) is 11.8.